The van der Waals surface area contributed by atoms with Crippen LogP contribution in [0.1, 0.15) is 37.7 Å². The summed E-state index contributed by atoms with van der Waals surface area (Å²) >= 11 is 6.12. The van der Waals surface area contributed by atoms with E-state index < -0.39 is 29.1 Å². The number of aromatic nitrogens is 1. The number of rotatable bonds is 4. The molecule has 0 aliphatic heterocycles. The van der Waals surface area contributed by atoms with Crippen LogP contribution in [0.4, 0.5) is 24.5 Å². The van der Waals surface area contributed by atoms with Gasteiger partial charge in [0.05, 0.1) is 16.7 Å². The second-order valence-electron chi connectivity index (χ2n) is 7.47. The average Bonchev–Trinajstić information content (AvgIpc) is 3.15. The molecule has 0 saturated carbocycles. The smallest absolute Gasteiger partial charge is 0.417 e. The second-order valence-corrected chi connectivity index (χ2v) is 7.87. The van der Waals surface area contributed by atoms with Gasteiger partial charge in [0.1, 0.15) is 5.52 Å². The summed E-state index contributed by atoms with van der Waals surface area (Å²) in [6, 6.07) is 12.2. The second kappa shape index (κ2) is 8.83. The Balaban J connectivity index is 1.71. The van der Waals surface area contributed by atoms with Crippen molar-refractivity contribution in [3.8, 4) is 0 Å². The lowest BCUT2D eigenvalue weighted by atomic mass is 10.1. The van der Waals surface area contributed by atoms with E-state index in [9.17, 15) is 22.8 Å². The zero-order valence-corrected chi connectivity index (χ0v) is 18.6. The number of anilines is 2. The zero-order chi connectivity index (χ0) is 24.6. The van der Waals surface area contributed by atoms with Gasteiger partial charge in [-0.15, -0.1) is 0 Å². The first kappa shape index (κ1) is 23.3. The number of aryl methyl sites for hydroxylation is 1. The summed E-state index contributed by atoms with van der Waals surface area (Å²) in [6.45, 7) is 3.32. The Morgan fingerprint density at radius 3 is 2.38 bits per heavy atom. The summed E-state index contributed by atoms with van der Waals surface area (Å²) in [6.07, 6.45) is -4.71. The monoisotopic (exact) mass is 487 g/mol. The fourth-order valence-electron chi connectivity index (χ4n) is 3.44. The number of fused-ring (bicyclic) bond motifs is 1. The van der Waals surface area contributed by atoms with E-state index in [1.807, 2.05) is 0 Å². The van der Waals surface area contributed by atoms with Crippen molar-refractivity contribution in [2.45, 2.75) is 20.0 Å². The number of benzene rings is 3. The number of amides is 2. The van der Waals surface area contributed by atoms with Gasteiger partial charge in [0.15, 0.2) is 11.5 Å². The normalized spacial score (nSPS) is 11.5. The Kier molecular flexibility index (Phi) is 6.05. The maximum absolute atomic E-state index is 13.3. The van der Waals surface area contributed by atoms with E-state index >= 15 is 0 Å². The third-order valence-corrected chi connectivity index (χ3v) is 5.51. The molecule has 4 aromatic rings. The lowest BCUT2D eigenvalue weighted by Crippen LogP contribution is -2.19. The van der Waals surface area contributed by atoms with Crippen molar-refractivity contribution in [2.24, 2.45) is 0 Å². The number of halogens is 4. The molecule has 2 N–H and O–H groups in total. The molecule has 174 valence electrons. The van der Waals surface area contributed by atoms with Crippen LogP contribution in [-0.2, 0) is 6.18 Å². The van der Waals surface area contributed by atoms with Crippen LogP contribution in [0.15, 0.2) is 59.0 Å². The molecule has 4 rings (SSSR count). The molecular formula is C24H17ClF3N3O3. The standard InChI is InChI=1S/C24H17ClF3N3O3/c1-12-18(25)8-5-9-19(12)31-23(33)16-10-14(11-20-21(16)29-13(2)34-20)30-22(32)15-6-3-4-7-17(15)24(26,27)28/h3-11H,1-2H3,(H,30,32)(H,31,33). The van der Waals surface area contributed by atoms with E-state index in [-0.39, 0.29) is 28.2 Å². The fourth-order valence-corrected chi connectivity index (χ4v) is 3.62. The first-order valence-corrected chi connectivity index (χ1v) is 10.4. The van der Waals surface area contributed by atoms with Crippen LogP contribution in [0, 0.1) is 13.8 Å². The van der Waals surface area contributed by atoms with E-state index in [0.29, 0.717) is 16.3 Å². The Morgan fingerprint density at radius 1 is 0.941 bits per heavy atom. The minimum Gasteiger partial charge on any atom is -0.441 e. The van der Waals surface area contributed by atoms with Crippen molar-refractivity contribution >= 4 is 45.9 Å². The van der Waals surface area contributed by atoms with E-state index in [2.05, 4.69) is 15.6 Å². The van der Waals surface area contributed by atoms with Crippen molar-refractivity contribution in [1.29, 1.82) is 0 Å². The van der Waals surface area contributed by atoms with Crippen LogP contribution >= 0.6 is 11.6 Å². The molecule has 3 aromatic carbocycles. The number of hydrogen-bond acceptors (Lipinski definition) is 4. The van der Waals surface area contributed by atoms with E-state index in [4.69, 9.17) is 16.0 Å². The lowest BCUT2D eigenvalue weighted by molar-refractivity contribution is -0.137. The van der Waals surface area contributed by atoms with Gasteiger partial charge in [0, 0.05) is 29.4 Å². The molecule has 34 heavy (non-hydrogen) atoms. The number of oxazole rings is 1. The van der Waals surface area contributed by atoms with E-state index in [1.165, 1.54) is 24.3 Å². The van der Waals surface area contributed by atoms with Gasteiger partial charge in [0.25, 0.3) is 11.8 Å². The maximum Gasteiger partial charge on any atom is 0.417 e. The SMILES string of the molecule is Cc1nc2c(C(=O)Nc3cccc(Cl)c3C)cc(NC(=O)c3ccccc3C(F)(F)F)cc2o1. The number of carbonyl (C=O) groups excluding carboxylic acids is 2. The molecule has 1 aromatic heterocycles. The molecule has 0 saturated heterocycles. The molecule has 0 atom stereocenters. The Morgan fingerprint density at radius 2 is 1.65 bits per heavy atom. The van der Waals surface area contributed by atoms with Crippen molar-refractivity contribution in [3.05, 3.63) is 87.8 Å². The van der Waals surface area contributed by atoms with Gasteiger partial charge in [-0.1, -0.05) is 29.8 Å². The van der Waals surface area contributed by atoms with E-state index in [1.54, 1.807) is 32.0 Å². The minimum absolute atomic E-state index is 0.0631. The summed E-state index contributed by atoms with van der Waals surface area (Å²) in [4.78, 5) is 30.0. The first-order valence-electron chi connectivity index (χ1n) is 10.00. The van der Waals surface area contributed by atoms with Crippen molar-refractivity contribution in [2.75, 3.05) is 10.6 Å². The highest BCUT2D eigenvalue weighted by Gasteiger charge is 2.35. The zero-order valence-electron chi connectivity index (χ0n) is 17.9. The van der Waals surface area contributed by atoms with Gasteiger partial charge in [0.2, 0.25) is 0 Å². The molecule has 0 spiro atoms. The first-order chi connectivity index (χ1) is 16.0. The third kappa shape index (κ3) is 4.60. The fraction of sp³-hybridized carbons (Fsp3) is 0.125. The van der Waals surface area contributed by atoms with Crippen LogP contribution in [0.3, 0.4) is 0 Å². The Bertz CT molecular complexity index is 1430. The largest absolute Gasteiger partial charge is 0.441 e. The number of hydrogen-bond donors (Lipinski definition) is 2. The number of nitrogens with one attached hydrogen (secondary N) is 2. The molecule has 0 aliphatic rings. The van der Waals surface area contributed by atoms with Gasteiger partial charge in [-0.2, -0.15) is 13.2 Å². The highest BCUT2D eigenvalue weighted by molar-refractivity contribution is 6.31. The highest BCUT2D eigenvalue weighted by atomic mass is 35.5. The minimum atomic E-state index is -4.71. The molecule has 0 unspecified atom stereocenters. The summed E-state index contributed by atoms with van der Waals surface area (Å²) in [5, 5.41) is 5.63. The number of alkyl halides is 3. The molecule has 0 aliphatic carbocycles. The van der Waals surface area contributed by atoms with E-state index in [0.717, 1.165) is 12.1 Å². The summed E-state index contributed by atoms with van der Waals surface area (Å²) in [5.74, 6) is -1.27. The Hall–Kier alpha value is -3.85. The molecule has 2 amide bonds. The van der Waals surface area contributed by atoms with Crippen LogP contribution in [0.5, 0.6) is 0 Å². The van der Waals surface area contributed by atoms with Gasteiger partial charge in [-0.25, -0.2) is 4.98 Å². The molecule has 6 nitrogen and oxygen atoms in total. The highest BCUT2D eigenvalue weighted by Crippen LogP contribution is 2.33. The molecule has 0 bridgehead atoms. The van der Waals surface area contributed by atoms with Gasteiger partial charge in [-0.05, 0) is 42.8 Å². The summed E-state index contributed by atoms with van der Waals surface area (Å²) in [5.41, 5.74) is 0.0584. The summed E-state index contributed by atoms with van der Waals surface area (Å²) in [7, 11) is 0. The van der Waals surface area contributed by atoms with Crippen molar-refractivity contribution in [1.82, 2.24) is 4.98 Å². The Labute approximate surface area is 196 Å². The third-order valence-electron chi connectivity index (χ3n) is 5.10. The van der Waals surface area contributed by atoms with Crippen molar-refractivity contribution < 1.29 is 27.2 Å². The van der Waals surface area contributed by atoms with Crippen LogP contribution in [0.25, 0.3) is 11.1 Å². The van der Waals surface area contributed by atoms with Gasteiger partial charge >= 0.3 is 6.18 Å². The van der Waals surface area contributed by atoms with Crippen LogP contribution < -0.4 is 10.6 Å². The predicted octanol–water partition coefficient (Wildman–Crippen LogP) is 6.62. The maximum atomic E-state index is 13.3. The molecule has 1 heterocycles. The molecule has 0 radical (unpaired) electrons. The number of carbonyl (C=O) groups is 2. The van der Waals surface area contributed by atoms with Gasteiger partial charge < -0.3 is 15.1 Å². The molecule has 0 fully saturated rings. The predicted molar refractivity (Wildman–Crippen MR) is 122 cm³/mol. The average molecular weight is 488 g/mol. The topological polar surface area (TPSA) is 84.2 Å². The number of nitrogens with zero attached hydrogens (tertiary/aromatic N) is 1. The quantitative estimate of drug-likeness (QED) is 0.339. The molecule has 10 heteroatoms. The van der Waals surface area contributed by atoms with Crippen molar-refractivity contribution in [3.63, 3.8) is 0 Å². The lowest BCUT2D eigenvalue weighted by Gasteiger charge is -2.14. The molecular weight excluding hydrogens is 471 g/mol. The van der Waals surface area contributed by atoms with Crippen LogP contribution in [-0.4, -0.2) is 16.8 Å². The van der Waals surface area contributed by atoms with Gasteiger partial charge in [-0.3, -0.25) is 9.59 Å². The summed E-state index contributed by atoms with van der Waals surface area (Å²) < 4.78 is 45.5. The van der Waals surface area contributed by atoms with Crippen LogP contribution in [0.2, 0.25) is 5.02 Å².